The normalized spacial score (nSPS) is 17.1. The second-order valence-corrected chi connectivity index (χ2v) is 12.0. The van der Waals surface area contributed by atoms with E-state index < -0.39 is 0 Å². The van der Waals surface area contributed by atoms with Gasteiger partial charge in [-0.1, -0.05) is 13.0 Å². The van der Waals surface area contributed by atoms with E-state index in [9.17, 15) is 9.59 Å². The number of carbonyl (C=O) groups excluding carboxylic acids is 2. The summed E-state index contributed by atoms with van der Waals surface area (Å²) < 4.78 is 0. The summed E-state index contributed by atoms with van der Waals surface area (Å²) in [5.41, 5.74) is 9.55. The van der Waals surface area contributed by atoms with Gasteiger partial charge in [-0.3, -0.25) is 9.59 Å². The van der Waals surface area contributed by atoms with E-state index in [0.717, 1.165) is 75.1 Å². The van der Waals surface area contributed by atoms with E-state index in [-0.39, 0.29) is 5.91 Å². The maximum atomic E-state index is 11.5. The third-order valence-electron chi connectivity index (χ3n) is 8.72. The first-order valence-electron chi connectivity index (χ1n) is 15.8. The number of hydrogen-bond donors (Lipinski definition) is 4. The van der Waals surface area contributed by atoms with Crippen LogP contribution < -0.4 is 26.2 Å². The third kappa shape index (κ3) is 13.0. The molecule has 2 aliphatic heterocycles. The van der Waals surface area contributed by atoms with Crippen molar-refractivity contribution < 1.29 is 9.59 Å². The van der Waals surface area contributed by atoms with Crippen LogP contribution in [0.15, 0.2) is 36.4 Å². The molecule has 0 spiro atoms. The Balaban J connectivity index is 0.000000928. The van der Waals surface area contributed by atoms with Gasteiger partial charge in [-0.25, -0.2) is 0 Å². The summed E-state index contributed by atoms with van der Waals surface area (Å²) in [7, 11) is 3.67. The molecule has 2 aliphatic rings. The Labute approximate surface area is 254 Å². The molecule has 5 N–H and O–H groups in total. The van der Waals surface area contributed by atoms with Crippen molar-refractivity contribution in [2.45, 2.75) is 71.3 Å². The highest BCUT2D eigenvalue weighted by Crippen LogP contribution is 2.29. The van der Waals surface area contributed by atoms with E-state index in [2.05, 4.69) is 46.2 Å². The number of amides is 2. The molecule has 0 bridgehead atoms. The first kappa shape index (κ1) is 35.4. The number of rotatable bonds is 15. The summed E-state index contributed by atoms with van der Waals surface area (Å²) in [5.74, 6) is 1.51. The topological polar surface area (TPSA) is 118 Å². The number of allylic oxidation sites excluding steroid dienone is 1. The fraction of sp³-hybridized carbons (Fsp3) is 0.667. The smallest absolute Gasteiger partial charge is 0.221 e. The third-order valence-corrected chi connectivity index (χ3v) is 8.72. The molecule has 42 heavy (non-hydrogen) atoms. The van der Waals surface area contributed by atoms with Crippen LogP contribution in [-0.4, -0.2) is 88.9 Å². The SMILES string of the molecule is C=C(C)C(C)=N.CNCCC(CCC1CCN(c2ccc(N(C=O)CCC(=O)NC)cc2)CC1)CN1CCC(N)CC1. The van der Waals surface area contributed by atoms with Gasteiger partial charge in [-0.2, -0.15) is 0 Å². The molecule has 9 nitrogen and oxygen atoms in total. The summed E-state index contributed by atoms with van der Waals surface area (Å²) in [6, 6.07) is 8.57. The fourth-order valence-electron chi connectivity index (χ4n) is 5.57. The molecule has 2 fully saturated rings. The van der Waals surface area contributed by atoms with Gasteiger partial charge in [0.15, 0.2) is 0 Å². The number of anilines is 2. The van der Waals surface area contributed by atoms with Crippen LogP contribution in [0.4, 0.5) is 11.4 Å². The summed E-state index contributed by atoms with van der Waals surface area (Å²) in [4.78, 5) is 29.7. The van der Waals surface area contributed by atoms with Crippen molar-refractivity contribution in [2.24, 2.45) is 17.6 Å². The van der Waals surface area contributed by atoms with Gasteiger partial charge >= 0.3 is 0 Å². The van der Waals surface area contributed by atoms with Gasteiger partial charge in [-0.05, 0) is 121 Å². The molecule has 1 atom stereocenters. The second kappa shape index (κ2) is 19.4. The molecule has 1 aromatic carbocycles. The number of piperidine rings is 2. The van der Waals surface area contributed by atoms with E-state index in [0.29, 0.717) is 24.7 Å². The molecule has 2 amide bonds. The Morgan fingerprint density at radius 2 is 1.71 bits per heavy atom. The van der Waals surface area contributed by atoms with Crippen molar-refractivity contribution in [1.29, 1.82) is 5.41 Å². The highest BCUT2D eigenvalue weighted by Gasteiger charge is 2.23. The van der Waals surface area contributed by atoms with E-state index in [4.69, 9.17) is 11.1 Å². The molecular weight excluding hydrogens is 526 g/mol. The minimum Gasteiger partial charge on any atom is -0.372 e. The van der Waals surface area contributed by atoms with Crippen molar-refractivity contribution in [3.8, 4) is 0 Å². The Bertz CT molecular complexity index is 940. The maximum absolute atomic E-state index is 11.5. The molecule has 1 aromatic rings. The van der Waals surface area contributed by atoms with Crippen molar-refractivity contribution in [3.63, 3.8) is 0 Å². The van der Waals surface area contributed by atoms with E-state index in [1.165, 1.54) is 44.3 Å². The fourth-order valence-corrected chi connectivity index (χ4v) is 5.57. The number of carbonyl (C=O) groups is 2. The van der Waals surface area contributed by atoms with E-state index in [1.54, 1.807) is 18.9 Å². The predicted molar refractivity (Wildman–Crippen MR) is 177 cm³/mol. The molecule has 9 heteroatoms. The standard InChI is InChI=1S/C28H48N6O2.C5H9N/c1-30-15-9-24(21-32-16-12-25(29)13-17-32)4-3-23-10-18-33(19-11-23)26-5-7-27(8-6-26)34(22-35)20-14-28(36)31-2;1-4(2)5(3)6/h5-8,22-25,30H,3-4,9-21,29H2,1-2H3,(H,31,36);6H,1H2,2-3H3. The van der Waals surface area contributed by atoms with E-state index in [1.807, 2.05) is 19.1 Å². The molecule has 0 saturated carbocycles. The molecule has 0 aromatic heterocycles. The molecule has 3 rings (SSSR count). The van der Waals surface area contributed by atoms with Gasteiger partial charge in [-0.15, -0.1) is 0 Å². The molecule has 2 saturated heterocycles. The minimum atomic E-state index is -0.0640. The summed E-state index contributed by atoms with van der Waals surface area (Å²) in [6.45, 7) is 14.3. The van der Waals surface area contributed by atoms with E-state index >= 15 is 0 Å². The van der Waals surface area contributed by atoms with Gasteiger partial charge in [0.05, 0.1) is 0 Å². The van der Waals surface area contributed by atoms with Crippen LogP contribution in [0, 0.1) is 17.2 Å². The summed E-state index contributed by atoms with van der Waals surface area (Å²) in [6.07, 6.45) is 9.76. The summed E-state index contributed by atoms with van der Waals surface area (Å²) >= 11 is 0. The second-order valence-electron chi connectivity index (χ2n) is 12.0. The van der Waals surface area contributed by atoms with Crippen molar-refractivity contribution >= 4 is 29.4 Å². The first-order valence-corrected chi connectivity index (χ1v) is 15.8. The predicted octanol–water partition coefficient (Wildman–Crippen LogP) is 4.03. The zero-order chi connectivity index (χ0) is 30.9. The Hall–Kier alpha value is -2.75. The number of nitrogens with two attached hydrogens (primary N) is 1. The first-order chi connectivity index (χ1) is 20.2. The largest absolute Gasteiger partial charge is 0.372 e. The minimum absolute atomic E-state index is 0.0640. The van der Waals surface area contributed by atoms with Crippen LogP contribution in [0.25, 0.3) is 0 Å². The van der Waals surface area contributed by atoms with Crippen molar-refractivity contribution in [2.75, 3.05) is 69.7 Å². The average molecular weight is 584 g/mol. The molecule has 2 heterocycles. The molecule has 1 unspecified atom stereocenters. The highest BCUT2D eigenvalue weighted by atomic mass is 16.2. The van der Waals surface area contributed by atoms with Crippen LogP contribution >= 0.6 is 0 Å². The van der Waals surface area contributed by atoms with Gasteiger partial charge < -0.3 is 36.5 Å². The van der Waals surface area contributed by atoms with Gasteiger partial charge in [0.2, 0.25) is 12.3 Å². The van der Waals surface area contributed by atoms with Crippen molar-refractivity contribution in [1.82, 2.24) is 15.5 Å². The molecular formula is C33H57N7O2. The van der Waals surface area contributed by atoms with Crippen LogP contribution in [0.5, 0.6) is 0 Å². The number of likely N-dealkylation sites (tertiary alicyclic amines) is 1. The van der Waals surface area contributed by atoms with Crippen LogP contribution in [-0.2, 0) is 9.59 Å². The monoisotopic (exact) mass is 583 g/mol. The summed E-state index contributed by atoms with van der Waals surface area (Å²) in [5, 5.41) is 12.8. The number of nitrogens with one attached hydrogen (secondary N) is 3. The highest BCUT2D eigenvalue weighted by molar-refractivity contribution is 5.94. The maximum Gasteiger partial charge on any atom is 0.221 e. The molecule has 236 valence electrons. The molecule has 0 radical (unpaired) electrons. The lowest BCUT2D eigenvalue weighted by Gasteiger charge is -2.36. The van der Waals surface area contributed by atoms with Gasteiger partial charge in [0.1, 0.15) is 0 Å². The zero-order valence-corrected chi connectivity index (χ0v) is 26.7. The zero-order valence-electron chi connectivity index (χ0n) is 26.7. The van der Waals surface area contributed by atoms with Crippen molar-refractivity contribution in [3.05, 3.63) is 36.4 Å². The Kier molecular flexibility index (Phi) is 16.4. The Morgan fingerprint density at radius 1 is 1.10 bits per heavy atom. The number of nitrogens with zero attached hydrogens (tertiary/aromatic N) is 3. The lowest BCUT2D eigenvalue weighted by Crippen LogP contribution is -2.42. The number of benzene rings is 1. The molecule has 0 aliphatic carbocycles. The Morgan fingerprint density at radius 3 is 2.24 bits per heavy atom. The van der Waals surface area contributed by atoms with Gasteiger partial charge in [0.25, 0.3) is 0 Å². The van der Waals surface area contributed by atoms with Gasteiger partial charge in [0, 0.05) is 62.8 Å². The lowest BCUT2D eigenvalue weighted by molar-refractivity contribution is -0.120. The van der Waals surface area contributed by atoms with Crippen LogP contribution in [0.1, 0.15) is 65.2 Å². The van der Waals surface area contributed by atoms with Crippen LogP contribution in [0.2, 0.25) is 0 Å². The average Bonchev–Trinajstić information content (AvgIpc) is 3.00. The quantitative estimate of drug-likeness (QED) is 0.183. The van der Waals surface area contributed by atoms with Crippen LogP contribution in [0.3, 0.4) is 0 Å². The number of hydrogen-bond acceptors (Lipinski definition) is 7. The lowest BCUT2D eigenvalue weighted by atomic mass is 9.87.